The van der Waals surface area contributed by atoms with E-state index in [9.17, 15) is 24.6 Å². The molecule has 35 heavy (non-hydrogen) atoms. The highest BCUT2D eigenvalue weighted by Gasteiger charge is 2.53. The molecule has 13 nitrogen and oxygen atoms in total. The van der Waals surface area contributed by atoms with Crippen molar-refractivity contribution < 1.29 is 33.7 Å². The summed E-state index contributed by atoms with van der Waals surface area (Å²) in [5.74, 6) is -0.804. The normalized spacial score (nSPS) is 23.1. The number of hydrogen-bond acceptors (Lipinski definition) is 9. The SMILES string of the molecule is CC(C)C(=O)Nc1nc2c(ncn2[C@@H]2O[C@H](CO)[C@@H](O[Si](C)(C)C(C)(C)C)[C@H]2OC(=O)O)c(=O)[nH]1. The lowest BCUT2D eigenvalue weighted by atomic mass is 10.1. The van der Waals surface area contributed by atoms with Gasteiger partial charge in [0.2, 0.25) is 11.9 Å². The summed E-state index contributed by atoms with van der Waals surface area (Å²) < 4.78 is 19.0. The Labute approximate surface area is 202 Å². The van der Waals surface area contributed by atoms with Crippen LogP contribution >= 0.6 is 0 Å². The molecule has 4 N–H and O–H groups in total. The van der Waals surface area contributed by atoms with Crippen molar-refractivity contribution in [2.75, 3.05) is 11.9 Å². The summed E-state index contributed by atoms with van der Waals surface area (Å²) in [6.45, 7) is 13.0. The van der Waals surface area contributed by atoms with Crippen molar-refractivity contribution in [2.24, 2.45) is 5.92 Å². The third kappa shape index (κ3) is 5.39. The van der Waals surface area contributed by atoms with Crippen LogP contribution in [0, 0.1) is 5.92 Å². The molecule has 0 saturated carbocycles. The van der Waals surface area contributed by atoms with Gasteiger partial charge in [0.15, 0.2) is 31.8 Å². The minimum absolute atomic E-state index is 0.0421. The predicted molar refractivity (Wildman–Crippen MR) is 128 cm³/mol. The van der Waals surface area contributed by atoms with Crippen molar-refractivity contribution in [2.45, 2.75) is 77.3 Å². The Hall–Kier alpha value is -2.81. The smallest absolute Gasteiger partial charge is 0.450 e. The molecule has 0 radical (unpaired) electrons. The van der Waals surface area contributed by atoms with E-state index in [1.807, 2.05) is 33.9 Å². The molecule has 1 amide bonds. The molecule has 0 aromatic carbocycles. The van der Waals surface area contributed by atoms with Gasteiger partial charge in [0.05, 0.1) is 12.9 Å². The molecule has 1 aliphatic rings. The van der Waals surface area contributed by atoms with E-state index in [0.717, 1.165) is 0 Å². The van der Waals surface area contributed by atoms with Crippen molar-refractivity contribution in [3.8, 4) is 0 Å². The number of nitrogens with zero attached hydrogens (tertiary/aromatic N) is 3. The lowest BCUT2D eigenvalue weighted by molar-refractivity contribution is -0.118. The molecule has 3 heterocycles. The average Bonchev–Trinajstić information content (AvgIpc) is 3.28. The largest absolute Gasteiger partial charge is 0.506 e. The molecule has 0 unspecified atom stereocenters. The molecule has 2 aromatic rings. The Bertz CT molecular complexity index is 1150. The first kappa shape index (κ1) is 26.8. The molecule has 1 aliphatic heterocycles. The summed E-state index contributed by atoms with van der Waals surface area (Å²) >= 11 is 0. The number of carboxylic acid groups (broad SMARTS) is 1. The summed E-state index contributed by atoms with van der Waals surface area (Å²) in [6, 6.07) is 0. The maximum absolute atomic E-state index is 12.6. The Kier molecular flexibility index (Phi) is 7.41. The predicted octanol–water partition coefficient (Wildman–Crippen LogP) is 2.06. The second-order valence-corrected chi connectivity index (χ2v) is 15.1. The van der Waals surface area contributed by atoms with Gasteiger partial charge >= 0.3 is 6.16 Å². The average molecular weight is 512 g/mol. The summed E-state index contributed by atoms with van der Waals surface area (Å²) in [6.07, 6.45) is -4.42. The van der Waals surface area contributed by atoms with Crippen LogP contribution in [-0.4, -0.2) is 75.0 Å². The van der Waals surface area contributed by atoms with Crippen molar-refractivity contribution >= 4 is 37.5 Å². The zero-order valence-corrected chi connectivity index (χ0v) is 21.9. The zero-order chi connectivity index (χ0) is 26.3. The fourth-order valence-corrected chi connectivity index (χ4v) is 4.73. The van der Waals surface area contributed by atoms with Crippen LogP contribution < -0.4 is 10.9 Å². The number of hydrogen-bond donors (Lipinski definition) is 4. The van der Waals surface area contributed by atoms with Crippen LogP contribution in [0.25, 0.3) is 11.2 Å². The second-order valence-electron chi connectivity index (χ2n) is 10.3. The van der Waals surface area contributed by atoms with Crippen LogP contribution in [0.1, 0.15) is 40.8 Å². The third-order valence-corrected chi connectivity index (χ3v) is 10.9. The number of aliphatic hydroxyl groups is 1. The quantitative estimate of drug-likeness (QED) is 0.318. The number of H-pyrrole nitrogens is 1. The Morgan fingerprint density at radius 2 is 1.97 bits per heavy atom. The summed E-state index contributed by atoms with van der Waals surface area (Å²) in [5, 5.41) is 21.8. The monoisotopic (exact) mass is 511 g/mol. The molecule has 194 valence electrons. The van der Waals surface area contributed by atoms with Gasteiger partial charge in [-0.15, -0.1) is 0 Å². The van der Waals surface area contributed by atoms with Gasteiger partial charge in [0, 0.05) is 5.92 Å². The zero-order valence-electron chi connectivity index (χ0n) is 20.9. The van der Waals surface area contributed by atoms with Crippen molar-refractivity contribution in [3.63, 3.8) is 0 Å². The van der Waals surface area contributed by atoms with Gasteiger partial charge < -0.3 is 24.1 Å². The van der Waals surface area contributed by atoms with Crippen LogP contribution in [0.2, 0.25) is 18.1 Å². The van der Waals surface area contributed by atoms with E-state index in [1.165, 1.54) is 10.9 Å². The van der Waals surface area contributed by atoms with E-state index in [4.69, 9.17) is 13.9 Å². The highest BCUT2D eigenvalue weighted by Crippen LogP contribution is 2.42. The molecular weight excluding hydrogens is 478 g/mol. The first-order chi connectivity index (χ1) is 16.2. The number of carbonyl (C=O) groups is 2. The van der Waals surface area contributed by atoms with Crippen molar-refractivity contribution in [1.82, 2.24) is 19.5 Å². The van der Waals surface area contributed by atoms with Gasteiger partial charge in [-0.2, -0.15) is 4.98 Å². The van der Waals surface area contributed by atoms with Crippen LogP contribution in [-0.2, 0) is 18.7 Å². The number of aromatic nitrogens is 4. The molecule has 0 aliphatic carbocycles. The van der Waals surface area contributed by atoms with Crippen LogP contribution in [0.5, 0.6) is 0 Å². The fourth-order valence-electron chi connectivity index (χ4n) is 3.41. The number of nitrogens with one attached hydrogen (secondary N) is 2. The highest BCUT2D eigenvalue weighted by molar-refractivity contribution is 6.74. The second kappa shape index (κ2) is 9.68. The van der Waals surface area contributed by atoms with E-state index in [-0.39, 0.29) is 34.0 Å². The number of amides is 1. The van der Waals surface area contributed by atoms with Gasteiger partial charge in [0.25, 0.3) is 5.56 Å². The Balaban J connectivity index is 2.07. The summed E-state index contributed by atoms with van der Waals surface area (Å²) in [4.78, 5) is 47.1. The van der Waals surface area contributed by atoms with E-state index in [0.29, 0.717) is 0 Å². The minimum atomic E-state index is -2.44. The molecule has 0 bridgehead atoms. The minimum Gasteiger partial charge on any atom is -0.450 e. The molecule has 2 aromatic heterocycles. The molecule has 1 saturated heterocycles. The molecular formula is C21H33N5O8Si. The highest BCUT2D eigenvalue weighted by atomic mass is 28.4. The Morgan fingerprint density at radius 1 is 1.31 bits per heavy atom. The third-order valence-electron chi connectivity index (χ3n) is 6.41. The van der Waals surface area contributed by atoms with Gasteiger partial charge in [-0.05, 0) is 18.1 Å². The van der Waals surface area contributed by atoms with Gasteiger partial charge in [-0.1, -0.05) is 34.6 Å². The van der Waals surface area contributed by atoms with Crippen LogP contribution in [0.4, 0.5) is 10.7 Å². The van der Waals surface area contributed by atoms with Crippen molar-refractivity contribution in [1.29, 1.82) is 0 Å². The van der Waals surface area contributed by atoms with Crippen LogP contribution in [0.3, 0.4) is 0 Å². The Morgan fingerprint density at radius 3 is 2.51 bits per heavy atom. The van der Waals surface area contributed by atoms with Gasteiger partial charge in [0.1, 0.15) is 12.2 Å². The number of imidazole rings is 1. The first-order valence-corrected chi connectivity index (χ1v) is 14.2. The number of fused-ring (bicyclic) bond motifs is 1. The molecule has 3 rings (SSSR count). The van der Waals surface area contributed by atoms with Crippen LogP contribution in [0.15, 0.2) is 11.1 Å². The maximum Gasteiger partial charge on any atom is 0.506 e. The summed E-state index contributed by atoms with van der Waals surface area (Å²) in [5.41, 5.74) is -0.602. The topological polar surface area (TPSA) is 178 Å². The number of rotatable bonds is 7. The van der Waals surface area contributed by atoms with E-state index in [2.05, 4.69) is 20.3 Å². The lowest BCUT2D eigenvalue weighted by Gasteiger charge is -2.40. The van der Waals surface area contributed by atoms with Gasteiger partial charge in [-0.25, -0.2) is 9.78 Å². The molecule has 1 fully saturated rings. The van der Waals surface area contributed by atoms with E-state index < -0.39 is 51.2 Å². The first-order valence-electron chi connectivity index (χ1n) is 11.3. The van der Waals surface area contributed by atoms with E-state index in [1.54, 1.807) is 13.8 Å². The van der Waals surface area contributed by atoms with Crippen molar-refractivity contribution in [3.05, 3.63) is 16.7 Å². The van der Waals surface area contributed by atoms with E-state index >= 15 is 0 Å². The number of anilines is 1. The number of aromatic amines is 1. The molecule has 0 spiro atoms. The lowest BCUT2D eigenvalue weighted by Crippen LogP contribution is -2.50. The summed E-state index contributed by atoms with van der Waals surface area (Å²) in [7, 11) is -2.44. The molecule has 14 heteroatoms. The fraction of sp³-hybridized carbons (Fsp3) is 0.667. The number of ether oxygens (including phenoxy) is 2. The van der Waals surface area contributed by atoms with Gasteiger partial charge in [-0.3, -0.25) is 24.5 Å². The molecule has 4 atom stereocenters. The number of carbonyl (C=O) groups excluding carboxylic acids is 1. The standard InChI is InChI=1S/C21H33N5O8Si/c1-10(2)16(28)24-19-23-15-12(17(29)25-19)22-9-26(15)18-14(33-20(30)31)13(11(8-27)32-18)34-35(6,7)21(3,4)5/h9-11,13-14,18,27H,8H2,1-7H3,(H,30,31)(H2,23,24,25,28,29)/t11-,13-,14-,18-/m1/s1. The number of aliphatic hydroxyl groups excluding tert-OH is 1. The maximum atomic E-state index is 12.6.